The van der Waals surface area contributed by atoms with E-state index in [-0.39, 0.29) is 5.91 Å². The zero-order valence-corrected chi connectivity index (χ0v) is 13.1. The van der Waals surface area contributed by atoms with Gasteiger partial charge in [-0.05, 0) is 29.8 Å². The minimum absolute atomic E-state index is 0.0108. The van der Waals surface area contributed by atoms with Gasteiger partial charge in [-0.15, -0.1) is 5.10 Å². The van der Waals surface area contributed by atoms with Gasteiger partial charge in [-0.3, -0.25) is 9.69 Å². The van der Waals surface area contributed by atoms with Crippen molar-refractivity contribution in [2.75, 3.05) is 10.7 Å². The van der Waals surface area contributed by atoms with E-state index in [0.717, 1.165) is 11.3 Å². The maximum atomic E-state index is 12.0. The summed E-state index contributed by atoms with van der Waals surface area (Å²) < 4.78 is 0. The molecule has 0 saturated carbocycles. The molecule has 6 heteroatoms. The normalized spacial score (nSPS) is 16.9. The third-order valence-corrected chi connectivity index (χ3v) is 4.17. The number of rotatable bonds is 3. The number of amides is 1. The Morgan fingerprint density at radius 2 is 1.82 bits per heavy atom. The van der Waals surface area contributed by atoms with Crippen molar-refractivity contribution in [1.82, 2.24) is 0 Å². The zero-order valence-electron chi connectivity index (χ0n) is 11.5. The predicted molar refractivity (Wildman–Crippen MR) is 92.9 cm³/mol. The molecule has 1 heterocycles. The summed E-state index contributed by atoms with van der Waals surface area (Å²) >= 11 is 7.22. The molecule has 1 aliphatic rings. The quantitative estimate of drug-likeness (QED) is 0.635. The molecule has 4 nitrogen and oxygen atoms in total. The summed E-state index contributed by atoms with van der Waals surface area (Å²) in [7, 11) is 0. The number of benzene rings is 2. The Hall–Kier alpha value is -2.11. The van der Waals surface area contributed by atoms with Crippen LogP contribution in [-0.4, -0.2) is 23.0 Å². The number of halogens is 1. The number of para-hydroxylation sites is 1. The van der Waals surface area contributed by atoms with Gasteiger partial charge in [-0.25, -0.2) is 0 Å². The number of carbonyl (C=O) groups excluding carboxylic acids is 1. The van der Waals surface area contributed by atoms with Crippen molar-refractivity contribution in [1.29, 1.82) is 0 Å². The maximum absolute atomic E-state index is 12.0. The molecular weight excluding hydrogens is 318 g/mol. The summed E-state index contributed by atoms with van der Waals surface area (Å²) in [6.07, 6.45) is 1.63. The van der Waals surface area contributed by atoms with Crippen LogP contribution in [0.5, 0.6) is 0 Å². The van der Waals surface area contributed by atoms with Crippen LogP contribution in [0.1, 0.15) is 5.56 Å². The van der Waals surface area contributed by atoms with Gasteiger partial charge in [-0.2, -0.15) is 5.10 Å². The zero-order chi connectivity index (χ0) is 15.4. The first-order valence-corrected chi connectivity index (χ1v) is 7.98. The second-order valence-electron chi connectivity index (χ2n) is 4.53. The molecule has 0 aromatic heterocycles. The first-order valence-electron chi connectivity index (χ1n) is 6.61. The number of nitrogens with zero attached hydrogens (tertiary/aromatic N) is 3. The van der Waals surface area contributed by atoms with Crippen molar-refractivity contribution in [3.05, 3.63) is 65.2 Å². The van der Waals surface area contributed by atoms with Crippen LogP contribution in [0.3, 0.4) is 0 Å². The second kappa shape index (κ2) is 6.77. The largest absolute Gasteiger partial charge is 0.273 e. The molecule has 1 amide bonds. The lowest BCUT2D eigenvalue weighted by Gasteiger charge is -2.14. The number of hydrogen-bond acceptors (Lipinski definition) is 4. The van der Waals surface area contributed by atoms with Crippen molar-refractivity contribution in [3.8, 4) is 0 Å². The fraction of sp³-hybridized carbons (Fsp3) is 0.0625. The topological polar surface area (TPSA) is 45.0 Å². The van der Waals surface area contributed by atoms with Gasteiger partial charge >= 0.3 is 0 Å². The molecule has 22 heavy (non-hydrogen) atoms. The Balaban J connectivity index is 1.80. The first kappa shape index (κ1) is 14.8. The molecule has 0 N–H and O–H groups in total. The van der Waals surface area contributed by atoms with Gasteiger partial charge in [0.05, 0.1) is 17.7 Å². The number of thioether (sulfide) groups is 1. The average molecular weight is 330 g/mol. The van der Waals surface area contributed by atoms with Crippen molar-refractivity contribution in [2.45, 2.75) is 0 Å². The highest BCUT2D eigenvalue weighted by atomic mass is 35.5. The molecule has 1 aliphatic heterocycles. The van der Waals surface area contributed by atoms with Crippen LogP contribution in [0.25, 0.3) is 0 Å². The van der Waals surface area contributed by atoms with Crippen LogP contribution >= 0.6 is 23.4 Å². The Bertz CT molecular complexity index is 729. The smallest absolute Gasteiger partial charge is 0.243 e. The lowest BCUT2D eigenvalue weighted by atomic mass is 10.2. The fourth-order valence-corrected chi connectivity index (χ4v) is 2.91. The van der Waals surface area contributed by atoms with Crippen LogP contribution in [-0.2, 0) is 4.79 Å². The molecule has 110 valence electrons. The molecule has 2 aromatic rings. The minimum atomic E-state index is 0.0108. The molecule has 2 aromatic carbocycles. The molecule has 1 saturated heterocycles. The van der Waals surface area contributed by atoms with Crippen molar-refractivity contribution in [2.24, 2.45) is 10.2 Å². The van der Waals surface area contributed by atoms with E-state index in [9.17, 15) is 4.79 Å². The van der Waals surface area contributed by atoms with Gasteiger partial charge in [0.25, 0.3) is 0 Å². The van der Waals surface area contributed by atoms with Gasteiger partial charge in [0.15, 0.2) is 5.17 Å². The highest BCUT2D eigenvalue weighted by Gasteiger charge is 2.29. The number of amidine groups is 1. The monoisotopic (exact) mass is 329 g/mol. The average Bonchev–Trinajstić information content (AvgIpc) is 2.91. The Kier molecular flexibility index (Phi) is 4.56. The van der Waals surface area contributed by atoms with Gasteiger partial charge < -0.3 is 0 Å². The molecule has 0 spiro atoms. The standard InChI is InChI=1S/C16H12ClN3OS/c17-13-8-6-12(7-9-13)10-18-19-16-20(15(21)11-22-16)14-4-2-1-3-5-14/h1-10H,11H2/b18-10+,19-16-. The molecule has 3 rings (SSSR count). The molecule has 0 radical (unpaired) electrons. The molecular formula is C16H12ClN3OS. The summed E-state index contributed by atoms with van der Waals surface area (Å²) in [5.41, 5.74) is 1.70. The summed E-state index contributed by atoms with van der Waals surface area (Å²) in [5, 5.41) is 9.50. The number of hydrogen-bond donors (Lipinski definition) is 0. The number of carbonyl (C=O) groups is 1. The van der Waals surface area contributed by atoms with E-state index < -0.39 is 0 Å². The van der Waals surface area contributed by atoms with Crippen molar-refractivity contribution >= 4 is 46.3 Å². The fourth-order valence-electron chi connectivity index (χ4n) is 1.96. The van der Waals surface area contributed by atoms with E-state index in [1.54, 1.807) is 23.2 Å². The third kappa shape index (κ3) is 3.37. The lowest BCUT2D eigenvalue weighted by molar-refractivity contribution is -0.115. The van der Waals surface area contributed by atoms with E-state index in [0.29, 0.717) is 15.9 Å². The Morgan fingerprint density at radius 1 is 1.09 bits per heavy atom. The predicted octanol–water partition coefficient (Wildman–Crippen LogP) is 3.81. The second-order valence-corrected chi connectivity index (χ2v) is 5.91. The minimum Gasteiger partial charge on any atom is -0.273 e. The van der Waals surface area contributed by atoms with E-state index in [1.807, 2.05) is 42.5 Å². The van der Waals surface area contributed by atoms with Gasteiger partial charge in [0.1, 0.15) is 0 Å². The highest BCUT2D eigenvalue weighted by molar-refractivity contribution is 8.15. The summed E-state index contributed by atoms with van der Waals surface area (Å²) in [6, 6.07) is 16.7. The van der Waals surface area contributed by atoms with E-state index in [4.69, 9.17) is 11.6 Å². The van der Waals surface area contributed by atoms with Crippen LogP contribution in [0, 0.1) is 0 Å². The van der Waals surface area contributed by atoms with Gasteiger partial charge in [-0.1, -0.05) is 53.7 Å². The molecule has 0 unspecified atom stereocenters. The van der Waals surface area contributed by atoms with Gasteiger partial charge in [0, 0.05) is 5.02 Å². The lowest BCUT2D eigenvalue weighted by Crippen LogP contribution is -2.28. The van der Waals surface area contributed by atoms with Crippen LogP contribution in [0.4, 0.5) is 5.69 Å². The summed E-state index contributed by atoms with van der Waals surface area (Å²) in [4.78, 5) is 13.6. The molecule has 0 aliphatic carbocycles. The molecule has 1 fully saturated rings. The van der Waals surface area contributed by atoms with Gasteiger partial charge in [0.2, 0.25) is 5.91 Å². The van der Waals surface area contributed by atoms with Crippen LogP contribution in [0.2, 0.25) is 5.02 Å². The van der Waals surface area contributed by atoms with E-state index >= 15 is 0 Å². The Labute approximate surface area is 137 Å². The highest BCUT2D eigenvalue weighted by Crippen LogP contribution is 2.26. The maximum Gasteiger partial charge on any atom is 0.243 e. The SMILES string of the molecule is O=C1CS/C(=N\N=C\c2ccc(Cl)cc2)N1c1ccccc1. The summed E-state index contributed by atoms with van der Waals surface area (Å²) in [6.45, 7) is 0. The summed E-state index contributed by atoms with van der Waals surface area (Å²) in [5.74, 6) is 0.390. The van der Waals surface area contributed by atoms with Crippen molar-refractivity contribution in [3.63, 3.8) is 0 Å². The first-order chi connectivity index (χ1) is 10.7. The molecule has 0 bridgehead atoms. The van der Waals surface area contributed by atoms with Crippen molar-refractivity contribution < 1.29 is 4.79 Å². The number of anilines is 1. The van der Waals surface area contributed by atoms with Crippen LogP contribution in [0.15, 0.2) is 64.8 Å². The Morgan fingerprint density at radius 3 is 2.55 bits per heavy atom. The molecule has 0 atom stereocenters. The van der Waals surface area contributed by atoms with E-state index in [2.05, 4.69) is 10.2 Å². The van der Waals surface area contributed by atoms with Crippen LogP contribution < -0.4 is 4.90 Å². The third-order valence-electron chi connectivity index (χ3n) is 3.00. The van der Waals surface area contributed by atoms with E-state index in [1.165, 1.54) is 11.8 Å².